The summed E-state index contributed by atoms with van der Waals surface area (Å²) in [6.07, 6.45) is 0.258. The lowest BCUT2D eigenvalue weighted by Gasteiger charge is -2.29. The molecule has 0 saturated carbocycles. The fourth-order valence-corrected chi connectivity index (χ4v) is 4.32. The highest BCUT2D eigenvalue weighted by atomic mass is 16.5. The molecular formula is C25H25N3O6. The predicted molar refractivity (Wildman–Crippen MR) is 119 cm³/mol. The van der Waals surface area contributed by atoms with Crippen molar-refractivity contribution < 1.29 is 32.8 Å². The summed E-state index contributed by atoms with van der Waals surface area (Å²) in [6, 6.07) is 5.45. The molecule has 3 heterocycles. The zero-order valence-electron chi connectivity index (χ0n) is 21.4. The maximum absolute atomic E-state index is 13.2. The van der Waals surface area contributed by atoms with Gasteiger partial charge >= 0.3 is 0 Å². The Hall–Kier alpha value is -3.72. The van der Waals surface area contributed by atoms with E-state index in [0.717, 1.165) is 11.1 Å². The van der Waals surface area contributed by atoms with E-state index in [9.17, 15) is 19.2 Å². The largest absolute Gasteiger partial charge is 0.489 e. The maximum Gasteiger partial charge on any atom is 0.255 e. The number of morpholine rings is 1. The van der Waals surface area contributed by atoms with Crippen molar-refractivity contribution in [2.45, 2.75) is 38.6 Å². The van der Waals surface area contributed by atoms with Crippen molar-refractivity contribution in [1.29, 1.82) is 0 Å². The Kier molecular flexibility index (Phi) is 5.09. The van der Waals surface area contributed by atoms with Gasteiger partial charge in [0.05, 0.1) is 17.3 Å². The highest BCUT2D eigenvalue weighted by molar-refractivity contribution is 6.05. The van der Waals surface area contributed by atoms with E-state index in [1.807, 2.05) is 24.3 Å². The summed E-state index contributed by atoms with van der Waals surface area (Å²) in [7, 11) is 0. The molecule has 0 spiro atoms. The second-order valence-corrected chi connectivity index (χ2v) is 8.43. The molecule has 1 atom stereocenters. The van der Waals surface area contributed by atoms with Gasteiger partial charge in [0, 0.05) is 30.6 Å². The molecule has 9 nitrogen and oxygen atoms in total. The first kappa shape index (κ1) is 18.7. The topological polar surface area (TPSA) is 105 Å². The average Bonchev–Trinajstić information content (AvgIpc) is 3.21. The van der Waals surface area contributed by atoms with Crippen LogP contribution in [0.15, 0.2) is 42.4 Å². The summed E-state index contributed by atoms with van der Waals surface area (Å²) in [4.78, 5) is 52.0. The highest BCUT2D eigenvalue weighted by Gasteiger charge is 2.40. The molecule has 0 bridgehead atoms. The van der Waals surface area contributed by atoms with E-state index in [1.165, 1.54) is 4.90 Å². The highest BCUT2D eigenvalue weighted by Crippen LogP contribution is 2.34. The first-order valence-electron chi connectivity index (χ1n) is 12.6. The molecule has 3 aliphatic heterocycles. The van der Waals surface area contributed by atoms with Crippen LogP contribution in [-0.2, 0) is 38.8 Å². The molecule has 2 aromatic rings. The van der Waals surface area contributed by atoms with Crippen LogP contribution in [0.4, 0.5) is 0 Å². The van der Waals surface area contributed by atoms with Gasteiger partial charge in [0.15, 0.2) is 0 Å². The quantitative estimate of drug-likeness (QED) is 0.645. The maximum atomic E-state index is 13.2. The minimum absolute atomic E-state index is 0.0298. The van der Waals surface area contributed by atoms with Crippen molar-refractivity contribution in [3.63, 3.8) is 0 Å². The van der Waals surface area contributed by atoms with Crippen LogP contribution in [0.1, 0.15) is 44.0 Å². The number of piperidine rings is 1. The first-order valence-corrected chi connectivity index (χ1v) is 11.1. The second-order valence-electron chi connectivity index (χ2n) is 8.43. The molecule has 4 amide bonds. The van der Waals surface area contributed by atoms with E-state index in [2.05, 4.69) is 5.32 Å². The number of benzene rings is 2. The summed E-state index contributed by atoms with van der Waals surface area (Å²) < 4.78 is 35.9. The molecule has 1 unspecified atom stereocenters. The minimum Gasteiger partial charge on any atom is -0.489 e. The molecule has 5 rings (SSSR count). The SMILES string of the molecule is [2H]c1c([2H])c(OCc2ccc(CN3CCOCC3=O)cc2)c2c(c1[2H])C(=O)N(C1CCC(=O)NC1=O)C2. The van der Waals surface area contributed by atoms with Crippen LogP contribution in [0, 0.1) is 0 Å². The number of hydrogen-bond acceptors (Lipinski definition) is 6. The molecule has 0 aromatic heterocycles. The van der Waals surface area contributed by atoms with E-state index >= 15 is 0 Å². The molecule has 0 radical (unpaired) electrons. The third-order valence-corrected chi connectivity index (χ3v) is 6.19. The number of carbonyl (C=O) groups excluding carboxylic acids is 4. The van der Waals surface area contributed by atoms with Crippen molar-refractivity contribution in [3.8, 4) is 5.75 Å². The van der Waals surface area contributed by atoms with E-state index < -0.39 is 29.8 Å². The zero-order valence-corrected chi connectivity index (χ0v) is 18.4. The Bertz CT molecular complexity index is 1300. The van der Waals surface area contributed by atoms with E-state index in [0.29, 0.717) is 25.3 Å². The Balaban J connectivity index is 1.33. The van der Waals surface area contributed by atoms with E-state index in [-0.39, 0.29) is 61.9 Å². The van der Waals surface area contributed by atoms with Gasteiger partial charge in [-0.25, -0.2) is 0 Å². The monoisotopic (exact) mass is 466 g/mol. The zero-order chi connectivity index (χ0) is 26.3. The number of imide groups is 1. The minimum atomic E-state index is -0.876. The van der Waals surface area contributed by atoms with Crippen LogP contribution in [0.3, 0.4) is 0 Å². The van der Waals surface area contributed by atoms with Crippen molar-refractivity contribution in [2.24, 2.45) is 0 Å². The lowest BCUT2D eigenvalue weighted by molar-refractivity contribution is -0.143. The molecule has 2 fully saturated rings. The van der Waals surface area contributed by atoms with Crippen LogP contribution < -0.4 is 10.1 Å². The van der Waals surface area contributed by atoms with E-state index in [4.69, 9.17) is 13.6 Å². The third-order valence-electron chi connectivity index (χ3n) is 6.19. The summed E-state index contributed by atoms with van der Waals surface area (Å²) in [5.41, 5.74) is 1.96. The van der Waals surface area contributed by atoms with Crippen LogP contribution in [0.2, 0.25) is 0 Å². The van der Waals surface area contributed by atoms with Crippen LogP contribution >= 0.6 is 0 Å². The van der Waals surface area contributed by atoms with Gasteiger partial charge in [0.25, 0.3) is 5.91 Å². The molecule has 2 aromatic carbocycles. The first-order chi connectivity index (χ1) is 17.7. The average molecular weight is 467 g/mol. The van der Waals surface area contributed by atoms with Crippen molar-refractivity contribution in [1.82, 2.24) is 15.1 Å². The molecular weight excluding hydrogens is 438 g/mol. The molecule has 2 saturated heterocycles. The van der Waals surface area contributed by atoms with Crippen LogP contribution in [-0.4, -0.2) is 59.2 Å². The fraction of sp³-hybridized carbons (Fsp3) is 0.360. The number of hydrogen-bond donors (Lipinski definition) is 1. The number of carbonyl (C=O) groups is 4. The Morgan fingerprint density at radius 1 is 1.12 bits per heavy atom. The Morgan fingerprint density at radius 2 is 1.91 bits per heavy atom. The Labute approximate surface area is 200 Å². The van der Waals surface area contributed by atoms with Gasteiger partial charge in [-0.1, -0.05) is 30.3 Å². The number of amides is 4. The standard InChI is InChI=1S/C25H25N3O6/c29-22-9-8-20(24(31)26-22)28-13-19-18(25(28)32)2-1-3-21(19)34-14-17-6-4-16(5-7-17)12-27-10-11-33-15-23(27)30/h1-7,20H,8-15H2,(H,26,29,31)/i1D,2D,3D. The molecule has 3 aliphatic rings. The van der Waals surface area contributed by atoms with Crippen LogP contribution in [0.25, 0.3) is 0 Å². The summed E-state index contributed by atoms with van der Waals surface area (Å²) in [5, 5.41) is 2.23. The summed E-state index contributed by atoms with van der Waals surface area (Å²) >= 11 is 0. The second kappa shape index (κ2) is 9.26. The summed E-state index contributed by atoms with van der Waals surface area (Å²) in [6.45, 7) is 1.61. The molecule has 1 N–H and O–H groups in total. The lowest BCUT2D eigenvalue weighted by atomic mass is 10.0. The molecule has 176 valence electrons. The molecule has 34 heavy (non-hydrogen) atoms. The van der Waals surface area contributed by atoms with Gasteiger partial charge in [-0.2, -0.15) is 0 Å². The predicted octanol–water partition coefficient (Wildman–Crippen LogP) is 1.39. The number of ether oxygens (including phenoxy) is 2. The normalized spacial score (nSPS) is 21.6. The van der Waals surface area contributed by atoms with Gasteiger partial charge in [-0.05, 0) is 29.6 Å². The molecule has 9 heteroatoms. The van der Waals surface area contributed by atoms with Gasteiger partial charge < -0.3 is 19.3 Å². The van der Waals surface area contributed by atoms with Crippen molar-refractivity contribution >= 4 is 23.6 Å². The number of rotatable bonds is 6. The summed E-state index contributed by atoms with van der Waals surface area (Å²) in [5.74, 6) is -1.60. The van der Waals surface area contributed by atoms with Gasteiger partial charge in [-0.15, -0.1) is 0 Å². The van der Waals surface area contributed by atoms with Gasteiger partial charge in [0.1, 0.15) is 25.0 Å². The number of fused-ring (bicyclic) bond motifs is 1. The number of nitrogens with one attached hydrogen (secondary N) is 1. The molecule has 0 aliphatic carbocycles. The van der Waals surface area contributed by atoms with Crippen molar-refractivity contribution in [3.05, 3.63) is 64.6 Å². The van der Waals surface area contributed by atoms with Gasteiger partial charge in [0.2, 0.25) is 17.7 Å². The number of nitrogens with zero attached hydrogens (tertiary/aromatic N) is 2. The fourth-order valence-electron chi connectivity index (χ4n) is 4.32. The smallest absolute Gasteiger partial charge is 0.255 e. The van der Waals surface area contributed by atoms with Crippen molar-refractivity contribution in [2.75, 3.05) is 19.8 Å². The third kappa shape index (κ3) is 4.38. The Morgan fingerprint density at radius 3 is 2.68 bits per heavy atom. The van der Waals surface area contributed by atoms with Crippen LogP contribution in [0.5, 0.6) is 5.75 Å². The van der Waals surface area contributed by atoms with E-state index in [1.54, 1.807) is 4.90 Å². The lowest BCUT2D eigenvalue weighted by Crippen LogP contribution is -2.52. The van der Waals surface area contributed by atoms with Gasteiger partial charge in [-0.3, -0.25) is 24.5 Å².